The highest BCUT2D eigenvalue weighted by Crippen LogP contribution is 2.10. The van der Waals surface area contributed by atoms with E-state index in [1.807, 2.05) is 13.8 Å². The molecule has 0 aliphatic heterocycles. The van der Waals surface area contributed by atoms with Crippen LogP contribution in [0.3, 0.4) is 0 Å². The van der Waals surface area contributed by atoms with E-state index < -0.39 is 5.97 Å². The molecule has 3 aromatic rings. The number of hydrogen-bond acceptors (Lipinski definition) is 8. The van der Waals surface area contributed by atoms with E-state index in [1.165, 1.54) is 21.8 Å². The number of esters is 1. The number of carbonyl (C=O) groups excluding carboxylic acids is 1. The van der Waals surface area contributed by atoms with Crippen LogP contribution >= 0.6 is 0 Å². The maximum atomic E-state index is 12.3. The highest BCUT2D eigenvalue weighted by atomic mass is 16.6. The maximum Gasteiger partial charge on any atom is 0.326 e. The van der Waals surface area contributed by atoms with Gasteiger partial charge in [0.2, 0.25) is 0 Å². The fraction of sp³-hybridized carbons (Fsp3) is 0.429. The molecule has 3 heterocycles. The first-order valence-electron chi connectivity index (χ1n) is 7.31. The van der Waals surface area contributed by atoms with E-state index in [1.54, 1.807) is 7.05 Å². The van der Waals surface area contributed by atoms with E-state index in [0.717, 1.165) is 0 Å². The molecule has 0 saturated heterocycles. The number of rotatable bonds is 5. The van der Waals surface area contributed by atoms with Gasteiger partial charge in [-0.15, -0.1) is 0 Å². The van der Waals surface area contributed by atoms with E-state index >= 15 is 0 Å². The Hall–Kier alpha value is -3.04. The molecule has 0 fully saturated rings. The predicted molar refractivity (Wildman–Crippen MR) is 81.0 cm³/mol. The van der Waals surface area contributed by atoms with Crippen LogP contribution in [0.2, 0.25) is 0 Å². The van der Waals surface area contributed by atoms with Crippen LogP contribution in [0, 0.1) is 0 Å². The summed E-state index contributed by atoms with van der Waals surface area (Å²) in [5.41, 5.74) is 0.0987. The van der Waals surface area contributed by atoms with Gasteiger partial charge < -0.3 is 9.26 Å². The molecule has 3 rings (SSSR count). The van der Waals surface area contributed by atoms with Crippen LogP contribution in [-0.4, -0.2) is 35.4 Å². The SMILES string of the molecule is CC(C)c1noc(COC(=O)Cn2cnc3c(cnn3C)c2=O)n1. The quantitative estimate of drug-likeness (QED) is 0.615. The Morgan fingerprint density at radius 1 is 1.42 bits per heavy atom. The van der Waals surface area contributed by atoms with Crippen molar-refractivity contribution in [2.45, 2.75) is 32.9 Å². The Morgan fingerprint density at radius 2 is 2.21 bits per heavy atom. The van der Waals surface area contributed by atoms with Gasteiger partial charge in [-0.05, 0) is 0 Å². The molecule has 10 heteroatoms. The standard InChI is InChI=1S/C14H16N6O4/c1-8(2)12-17-10(24-18-12)6-23-11(21)5-20-7-15-13-9(14(20)22)4-16-19(13)3/h4,7-8H,5-6H2,1-3H3. The summed E-state index contributed by atoms with van der Waals surface area (Å²) in [6.07, 6.45) is 2.70. The molecule has 0 spiro atoms. The second-order valence-electron chi connectivity index (χ2n) is 5.54. The Bertz CT molecular complexity index is 938. The van der Waals surface area contributed by atoms with Crippen molar-refractivity contribution in [2.75, 3.05) is 0 Å². The fourth-order valence-electron chi connectivity index (χ4n) is 2.07. The molecule has 3 aromatic heterocycles. The zero-order valence-electron chi connectivity index (χ0n) is 13.5. The first-order chi connectivity index (χ1) is 11.5. The molecule has 0 bridgehead atoms. The minimum absolute atomic E-state index is 0.120. The summed E-state index contributed by atoms with van der Waals surface area (Å²) in [5, 5.41) is 8.08. The molecule has 0 unspecified atom stereocenters. The summed E-state index contributed by atoms with van der Waals surface area (Å²) >= 11 is 0. The summed E-state index contributed by atoms with van der Waals surface area (Å²) < 4.78 is 12.7. The topological polar surface area (TPSA) is 118 Å². The lowest BCUT2D eigenvalue weighted by Gasteiger charge is -2.05. The third-order valence-electron chi connectivity index (χ3n) is 3.37. The van der Waals surface area contributed by atoms with Crippen molar-refractivity contribution in [1.29, 1.82) is 0 Å². The van der Waals surface area contributed by atoms with Crippen molar-refractivity contribution in [2.24, 2.45) is 7.05 Å². The van der Waals surface area contributed by atoms with Gasteiger partial charge in [0, 0.05) is 13.0 Å². The largest absolute Gasteiger partial charge is 0.454 e. The number of aromatic nitrogens is 6. The summed E-state index contributed by atoms with van der Waals surface area (Å²) in [4.78, 5) is 32.4. The van der Waals surface area contributed by atoms with E-state index in [2.05, 4.69) is 20.2 Å². The number of carbonyl (C=O) groups is 1. The summed E-state index contributed by atoms with van der Waals surface area (Å²) in [7, 11) is 1.68. The van der Waals surface area contributed by atoms with E-state index in [4.69, 9.17) is 9.26 Å². The van der Waals surface area contributed by atoms with Gasteiger partial charge in [-0.25, -0.2) is 4.98 Å². The zero-order valence-corrected chi connectivity index (χ0v) is 13.5. The van der Waals surface area contributed by atoms with Crippen molar-refractivity contribution in [1.82, 2.24) is 29.5 Å². The van der Waals surface area contributed by atoms with Gasteiger partial charge in [0.1, 0.15) is 18.3 Å². The summed E-state index contributed by atoms with van der Waals surface area (Å²) in [5.74, 6) is 0.268. The molecule has 0 aliphatic rings. The lowest BCUT2D eigenvalue weighted by atomic mass is 10.2. The lowest BCUT2D eigenvalue weighted by Crippen LogP contribution is -2.25. The maximum absolute atomic E-state index is 12.3. The second kappa shape index (κ2) is 6.22. The van der Waals surface area contributed by atoms with Gasteiger partial charge in [-0.3, -0.25) is 18.8 Å². The number of aryl methyl sites for hydroxylation is 1. The lowest BCUT2D eigenvalue weighted by molar-refractivity contribution is -0.146. The highest BCUT2D eigenvalue weighted by Gasteiger charge is 2.14. The monoisotopic (exact) mass is 332 g/mol. The second-order valence-corrected chi connectivity index (χ2v) is 5.54. The summed E-state index contributed by atoms with van der Waals surface area (Å²) in [6.45, 7) is 3.45. The van der Waals surface area contributed by atoms with E-state index in [0.29, 0.717) is 16.9 Å². The Labute approximate surface area is 136 Å². The Balaban J connectivity index is 1.66. The molecule has 10 nitrogen and oxygen atoms in total. The fourth-order valence-corrected chi connectivity index (χ4v) is 2.07. The minimum atomic E-state index is -0.605. The Kier molecular flexibility index (Phi) is 4.11. The van der Waals surface area contributed by atoms with Crippen molar-refractivity contribution in [3.8, 4) is 0 Å². The third kappa shape index (κ3) is 3.03. The van der Waals surface area contributed by atoms with Gasteiger partial charge >= 0.3 is 5.97 Å². The molecule has 0 amide bonds. The number of hydrogen-bond donors (Lipinski definition) is 0. The molecule has 0 radical (unpaired) electrons. The van der Waals surface area contributed by atoms with Crippen LogP contribution < -0.4 is 5.56 Å². The van der Waals surface area contributed by atoms with Crippen LogP contribution in [0.25, 0.3) is 11.0 Å². The number of nitrogens with zero attached hydrogens (tertiary/aromatic N) is 6. The first kappa shape index (κ1) is 15.8. The van der Waals surface area contributed by atoms with E-state index in [-0.39, 0.29) is 30.5 Å². The average Bonchev–Trinajstić information content (AvgIpc) is 3.16. The van der Waals surface area contributed by atoms with Gasteiger partial charge in [0.05, 0.1) is 6.20 Å². The van der Waals surface area contributed by atoms with Crippen molar-refractivity contribution >= 4 is 17.0 Å². The van der Waals surface area contributed by atoms with Crippen LogP contribution in [0.15, 0.2) is 21.8 Å². The highest BCUT2D eigenvalue weighted by molar-refractivity contribution is 5.74. The predicted octanol–water partition coefficient (Wildman–Crippen LogP) is 0.380. The van der Waals surface area contributed by atoms with Crippen LogP contribution in [0.1, 0.15) is 31.5 Å². The average molecular weight is 332 g/mol. The molecular formula is C14H16N6O4. The molecule has 0 saturated carbocycles. The minimum Gasteiger partial charge on any atom is -0.454 e. The Morgan fingerprint density at radius 3 is 2.92 bits per heavy atom. The van der Waals surface area contributed by atoms with Crippen molar-refractivity contribution in [3.05, 3.63) is 34.6 Å². The van der Waals surface area contributed by atoms with Gasteiger partial charge in [-0.1, -0.05) is 19.0 Å². The van der Waals surface area contributed by atoms with Crippen LogP contribution in [-0.2, 0) is 29.7 Å². The van der Waals surface area contributed by atoms with Crippen LogP contribution in [0.4, 0.5) is 0 Å². The molecule has 126 valence electrons. The molecule has 0 aromatic carbocycles. The van der Waals surface area contributed by atoms with Gasteiger partial charge in [-0.2, -0.15) is 10.1 Å². The summed E-state index contributed by atoms with van der Waals surface area (Å²) in [6, 6.07) is 0. The van der Waals surface area contributed by atoms with Crippen molar-refractivity contribution < 1.29 is 14.1 Å². The number of ether oxygens (including phenoxy) is 1. The number of fused-ring (bicyclic) bond motifs is 1. The third-order valence-corrected chi connectivity index (χ3v) is 3.37. The van der Waals surface area contributed by atoms with Crippen LogP contribution in [0.5, 0.6) is 0 Å². The van der Waals surface area contributed by atoms with Crippen molar-refractivity contribution in [3.63, 3.8) is 0 Å². The van der Waals surface area contributed by atoms with Gasteiger partial charge in [0.25, 0.3) is 11.4 Å². The van der Waals surface area contributed by atoms with E-state index in [9.17, 15) is 9.59 Å². The molecule has 0 atom stereocenters. The molecule has 0 N–H and O–H groups in total. The van der Waals surface area contributed by atoms with Gasteiger partial charge in [0.15, 0.2) is 18.1 Å². The molecular weight excluding hydrogens is 316 g/mol. The smallest absolute Gasteiger partial charge is 0.326 e. The first-order valence-corrected chi connectivity index (χ1v) is 7.31. The molecule has 24 heavy (non-hydrogen) atoms. The normalized spacial score (nSPS) is 11.3. The zero-order chi connectivity index (χ0) is 17.3. The molecule has 0 aliphatic carbocycles.